The minimum atomic E-state index is -0.184. The van der Waals surface area contributed by atoms with Crippen LogP contribution in [0.5, 0.6) is 5.75 Å². The summed E-state index contributed by atoms with van der Waals surface area (Å²) in [6.07, 6.45) is 2.96. The quantitative estimate of drug-likeness (QED) is 0.831. The Labute approximate surface area is 149 Å². The van der Waals surface area contributed by atoms with Gasteiger partial charge in [-0.1, -0.05) is 11.6 Å². The minimum Gasteiger partial charge on any atom is -0.489 e. The summed E-state index contributed by atoms with van der Waals surface area (Å²) in [5, 5.41) is 1.42. The third kappa shape index (κ3) is 4.03. The van der Waals surface area contributed by atoms with Crippen molar-refractivity contribution in [1.29, 1.82) is 0 Å². The molecule has 0 aliphatic carbocycles. The lowest BCUT2D eigenvalue weighted by molar-refractivity contribution is -0.0400. The molecule has 1 fully saturated rings. The number of halogens is 1. The molecule has 1 unspecified atom stereocenters. The molecular formula is C16H18ClN3O3S. The summed E-state index contributed by atoms with van der Waals surface area (Å²) in [6.45, 7) is 5.66. The van der Waals surface area contributed by atoms with Crippen molar-refractivity contribution in [2.75, 3.05) is 26.3 Å². The molecule has 6 nitrogen and oxygen atoms in total. The van der Waals surface area contributed by atoms with Gasteiger partial charge in [0.25, 0.3) is 5.91 Å². The zero-order valence-electron chi connectivity index (χ0n) is 13.5. The Balaban J connectivity index is 1.60. The molecule has 1 aliphatic heterocycles. The summed E-state index contributed by atoms with van der Waals surface area (Å²) in [7, 11) is 0. The molecule has 0 spiro atoms. The molecule has 2 aromatic rings. The number of carbonyl (C=O) groups excluding carboxylic acids is 1. The Morgan fingerprint density at radius 3 is 3.04 bits per heavy atom. The van der Waals surface area contributed by atoms with Gasteiger partial charge in [-0.15, -0.1) is 11.3 Å². The van der Waals surface area contributed by atoms with Gasteiger partial charge in [0, 0.05) is 18.8 Å². The highest BCUT2D eigenvalue weighted by Crippen LogP contribution is 2.21. The molecule has 0 saturated carbocycles. The standard InChI is InChI=1S/C16H18ClN3O3S/c1-10-15(24-11(2)19-10)16(21)20-3-4-22-14(8-20)9-23-13-5-12(17)6-18-7-13/h5-7,14H,3-4,8-9H2,1-2H3. The molecule has 1 saturated heterocycles. The van der Waals surface area contributed by atoms with E-state index in [0.29, 0.717) is 42.0 Å². The van der Waals surface area contributed by atoms with Crippen LogP contribution in [0.25, 0.3) is 0 Å². The van der Waals surface area contributed by atoms with Crippen molar-refractivity contribution in [1.82, 2.24) is 14.9 Å². The molecular weight excluding hydrogens is 350 g/mol. The third-order valence-electron chi connectivity index (χ3n) is 3.64. The molecule has 3 heterocycles. The molecule has 0 radical (unpaired) electrons. The summed E-state index contributed by atoms with van der Waals surface area (Å²) in [4.78, 5) is 23.5. The number of amides is 1. The maximum Gasteiger partial charge on any atom is 0.266 e. The van der Waals surface area contributed by atoms with Crippen LogP contribution >= 0.6 is 22.9 Å². The van der Waals surface area contributed by atoms with Crippen LogP contribution in [0.4, 0.5) is 0 Å². The van der Waals surface area contributed by atoms with Crippen LogP contribution in [0.15, 0.2) is 18.5 Å². The van der Waals surface area contributed by atoms with Crippen LogP contribution in [0.2, 0.25) is 5.02 Å². The van der Waals surface area contributed by atoms with Crippen LogP contribution < -0.4 is 4.74 Å². The van der Waals surface area contributed by atoms with Gasteiger partial charge in [0.15, 0.2) is 0 Å². The van der Waals surface area contributed by atoms with Crippen molar-refractivity contribution < 1.29 is 14.3 Å². The van der Waals surface area contributed by atoms with Crippen molar-refractivity contribution in [3.8, 4) is 5.75 Å². The number of hydrogen-bond donors (Lipinski definition) is 0. The first-order valence-electron chi connectivity index (χ1n) is 7.61. The number of morpholine rings is 1. The molecule has 2 aromatic heterocycles. The van der Waals surface area contributed by atoms with Crippen molar-refractivity contribution in [2.24, 2.45) is 0 Å². The van der Waals surface area contributed by atoms with Crippen LogP contribution in [-0.4, -0.2) is 53.2 Å². The SMILES string of the molecule is Cc1nc(C)c(C(=O)N2CCOC(COc3cncc(Cl)c3)C2)s1. The Bertz CT molecular complexity index is 737. The van der Waals surface area contributed by atoms with Gasteiger partial charge in [-0.25, -0.2) is 4.98 Å². The maximum atomic E-state index is 12.7. The lowest BCUT2D eigenvalue weighted by Gasteiger charge is -2.32. The fraction of sp³-hybridized carbons (Fsp3) is 0.438. The number of rotatable bonds is 4. The molecule has 24 heavy (non-hydrogen) atoms. The first-order chi connectivity index (χ1) is 11.5. The average molecular weight is 368 g/mol. The van der Waals surface area contributed by atoms with E-state index in [9.17, 15) is 4.79 Å². The second-order valence-electron chi connectivity index (χ2n) is 5.54. The van der Waals surface area contributed by atoms with Crippen molar-refractivity contribution in [3.05, 3.63) is 39.1 Å². The minimum absolute atomic E-state index is 0.0100. The Morgan fingerprint density at radius 2 is 2.33 bits per heavy atom. The summed E-state index contributed by atoms with van der Waals surface area (Å²) < 4.78 is 11.4. The monoisotopic (exact) mass is 367 g/mol. The molecule has 1 amide bonds. The first-order valence-corrected chi connectivity index (χ1v) is 8.80. The lowest BCUT2D eigenvalue weighted by Crippen LogP contribution is -2.47. The van der Waals surface area contributed by atoms with E-state index in [2.05, 4.69) is 9.97 Å². The summed E-state index contributed by atoms with van der Waals surface area (Å²) in [5.41, 5.74) is 0.784. The number of ether oxygens (including phenoxy) is 2. The Kier molecular flexibility index (Phi) is 5.33. The molecule has 8 heteroatoms. The highest BCUT2D eigenvalue weighted by molar-refractivity contribution is 7.13. The zero-order valence-corrected chi connectivity index (χ0v) is 15.1. The summed E-state index contributed by atoms with van der Waals surface area (Å²) in [5.74, 6) is 0.597. The number of thiazole rings is 1. The van der Waals surface area contributed by atoms with Gasteiger partial charge in [0.05, 0.1) is 35.1 Å². The lowest BCUT2D eigenvalue weighted by atomic mass is 10.2. The Hall–Kier alpha value is -1.70. The molecule has 0 aromatic carbocycles. The second-order valence-corrected chi connectivity index (χ2v) is 7.18. The van der Waals surface area contributed by atoms with Crippen LogP contribution in [0.3, 0.4) is 0 Å². The van der Waals surface area contributed by atoms with Crippen LogP contribution in [0.1, 0.15) is 20.4 Å². The van der Waals surface area contributed by atoms with Gasteiger partial charge in [-0.2, -0.15) is 0 Å². The van der Waals surface area contributed by atoms with Crippen LogP contribution in [-0.2, 0) is 4.74 Å². The number of nitrogens with zero attached hydrogens (tertiary/aromatic N) is 3. The number of aryl methyl sites for hydroxylation is 2. The van der Waals surface area contributed by atoms with Crippen molar-refractivity contribution in [3.63, 3.8) is 0 Å². The predicted octanol–water partition coefficient (Wildman–Crippen LogP) is 2.73. The molecule has 1 aliphatic rings. The molecule has 0 bridgehead atoms. The van der Waals surface area contributed by atoms with E-state index in [4.69, 9.17) is 21.1 Å². The molecule has 3 rings (SSSR count). The average Bonchev–Trinajstić information content (AvgIpc) is 2.91. The smallest absolute Gasteiger partial charge is 0.266 e. The second kappa shape index (κ2) is 7.46. The molecule has 1 atom stereocenters. The van der Waals surface area contributed by atoms with Gasteiger partial charge < -0.3 is 14.4 Å². The number of carbonyl (C=O) groups is 1. The normalized spacial score (nSPS) is 17.8. The topological polar surface area (TPSA) is 64.6 Å². The fourth-order valence-electron chi connectivity index (χ4n) is 2.54. The fourth-order valence-corrected chi connectivity index (χ4v) is 3.59. The van der Waals surface area contributed by atoms with Gasteiger partial charge in [0.2, 0.25) is 0 Å². The number of aromatic nitrogens is 2. The van der Waals surface area contributed by atoms with Gasteiger partial charge >= 0.3 is 0 Å². The van der Waals surface area contributed by atoms with E-state index in [1.54, 1.807) is 23.4 Å². The van der Waals surface area contributed by atoms with E-state index in [1.807, 2.05) is 13.8 Å². The van der Waals surface area contributed by atoms with E-state index >= 15 is 0 Å². The van der Waals surface area contributed by atoms with Gasteiger partial charge in [0.1, 0.15) is 23.3 Å². The summed E-state index contributed by atoms with van der Waals surface area (Å²) in [6, 6.07) is 1.70. The van der Waals surface area contributed by atoms with Crippen molar-refractivity contribution in [2.45, 2.75) is 20.0 Å². The number of hydrogen-bond acceptors (Lipinski definition) is 6. The van der Waals surface area contributed by atoms with E-state index in [1.165, 1.54) is 11.3 Å². The van der Waals surface area contributed by atoms with E-state index in [0.717, 1.165) is 10.7 Å². The van der Waals surface area contributed by atoms with E-state index < -0.39 is 0 Å². The third-order valence-corrected chi connectivity index (χ3v) is 4.91. The summed E-state index contributed by atoms with van der Waals surface area (Å²) >= 11 is 7.32. The van der Waals surface area contributed by atoms with Crippen molar-refractivity contribution >= 4 is 28.8 Å². The zero-order chi connectivity index (χ0) is 17.1. The Morgan fingerprint density at radius 1 is 1.50 bits per heavy atom. The highest BCUT2D eigenvalue weighted by Gasteiger charge is 2.27. The first kappa shape index (κ1) is 17.1. The van der Waals surface area contributed by atoms with Crippen LogP contribution in [0, 0.1) is 13.8 Å². The van der Waals surface area contributed by atoms with Gasteiger partial charge in [-0.05, 0) is 13.8 Å². The van der Waals surface area contributed by atoms with E-state index in [-0.39, 0.29) is 12.0 Å². The molecule has 0 N–H and O–H groups in total. The number of pyridine rings is 1. The molecule has 128 valence electrons. The predicted molar refractivity (Wildman–Crippen MR) is 92.0 cm³/mol. The maximum absolute atomic E-state index is 12.7. The van der Waals surface area contributed by atoms with Gasteiger partial charge in [-0.3, -0.25) is 9.78 Å². The largest absolute Gasteiger partial charge is 0.489 e. The highest BCUT2D eigenvalue weighted by atomic mass is 35.5.